The number of carbonyl (C=O) groups is 4. The lowest BCUT2D eigenvalue weighted by Crippen LogP contribution is -2.63. The Kier molecular flexibility index (Phi) is 18.7. The minimum Gasteiger partial charge on any atom is -0.390 e. The molecule has 16 fully saturated rings. The average Bonchev–Trinajstić information content (AvgIpc) is 0.888. The molecule has 16 saturated carbocycles. The zero-order chi connectivity index (χ0) is 75.4. The Labute approximate surface area is 635 Å². The molecule has 19 aliphatic carbocycles. The maximum Gasteiger partial charge on any atom is 0.255 e. The van der Waals surface area contributed by atoms with Crippen LogP contribution >= 0.6 is 0 Å². The molecule has 24 rings (SSSR count). The summed E-state index contributed by atoms with van der Waals surface area (Å²) in [6.07, 6.45) is 45.5. The van der Waals surface area contributed by atoms with Crippen LogP contribution in [0.2, 0.25) is 0 Å². The van der Waals surface area contributed by atoms with Crippen LogP contribution in [-0.2, 0) is 24.0 Å². The predicted molar refractivity (Wildman–Crippen MR) is 421 cm³/mol. The molecule has 108 heavy (non-hydrogen) atoms. The largest absolute Gasteiger partial charge is 0.390 e. The molecule has 576 valence electrons. The highest BCUT2D eigenvalue weighted by molar-refractivity contribution is 6.07. The van der Waals surface area contributed by atoms with Crippen molar-refractivity contribution in [2.75, 3.05) is 20.9 Å². The molecule has 8 unspecified atom stereocenters. The molecule has 13 N–H and O–H groups in total. The summed E-state index contributed by atoms with van der Waals surface area (Å²) in [6, 6.07) is 4.04. The highest BCUT2D eigenvalue weighted by Gasteiger charge is 2.60. The van der Waals surface area contributed by atoms with Crippen LogP contribution in [0.25, 0.3) is 29.3 Å². The number of anilines is 4. The third kappa shape index (κ3) is 13.3. The second-order valence-corrected chi connectivity index (χ2v) is 37.7. The fraction of sp³-hybridized carbons (Fsp3) is 0.632. The number of primary amides is 3. The van der Waals surface area contributed by atoms with Gasteiger partial charge in [0.2, 0.25) is 0 Å². The van der Waals surface area contributed by atoms with Crippen molar-refractivity contribution in [2.45, 2.75) is 274 Å². The molecule has 0 aromatic carbocycles. The summed E-state index contributed by atoms with van der Waals surface area (Å²) < 4.78 is 8.58. The van der Waals surface area contributed by atoms with Gasteiger partial charge in [0.25, 0.3) is 23.6 Å². The van der Waals surface area contributed by atoms with Crippen molar-refractivity contribution in [2.24, 2.45) is 88.2 Å². The molecule has 21 heteroatoms. The monoisotopic (exact) mass is 1470 g/mol. The molecule has 21 nitrogen and oxygen atoms in total. The lowest BCUT2D eigenvalue weighted by Gasteiger charge is -2.61. The Morgan fingerprint density at radius 3 is 1.32 bits per heavy atom. The molecule has 5 heterocycles. The Bertz CT molecular complexity index is 4430. The van der Waals surface area contributed by atoms with Gasteiger partial charge in [0.05, 0.1) is 90.6 Å². The first-order valence-electron chi connectivity index (χ1n) is 41.2. The van der Waals surface area contributed by atoms with E-state index in [0.29, 0.717) is 105 Å². The van der Waals surface area contributed by atoms with E-state index in [1.165, 1.54) is 57.8 Å². The van der Waals surface area contributed by atoms with Gasteiger partial charge in [0.1, 0.15) is 5.65 Å². The summed E-state index contributed by atoms with van der Waals surface area (Å²) in [5.41, 5.74) is 28.8. The van der Waals surface area contributed by atoms with Crippen molar-refractivity contribution >= 4 is 75.6 Å². The normalized spacial score (nSPS) is 35.4. The van der Waals surface area contributed by atoms with E-state index in [1.54, 1.807) is 24.8 Å². The van der Waals surface area contributed by atoms with E-state index in [2.05, 4.69) is 129 Å². The molecule has 0 radical (unpaired) electrons. The van der Waals surface area contributed by atoms with Gasteiger partial charge in [-0.15, -0.1) is 0 Å². The van der Waals surface area contributed by atoms with Gasteiger partial charge in [-0.3, -0.25) is 34.1 Å². The van der Waals surface area contributed by atoms with Crippen molar-refractivity contribution < 1.29 is 39.2 Å². The molecule has 16 bridgehead atoms. The lowest BCUT2D eigenvalue weighted by molar-refractivity contribution is -0.183. The number of fused-ring (bicyclic) bond motifs is 4. The molecule has 4 amide bonds. The number of hydrogen-bond donors (Lipinski definition) is 10. The number of nitrogens with zero attached hydrogens (tertiary/aromatic N) is 6. The maximum atomic E-state index is 12.8. The van der Waals surface area contributed by atoms with Crippen molar-refractivity contribution in [1.82, 2.24) is 29.8 Å². The highest BCUT2D eigenvalue weighted by Crippen LogP contribution is 2.62. The Morgan fingerprint density at radius 2 is 0.880 bits per heavy atom. The van der Waals surface area contributed by atoms with Gasteiger partial charge in [-0.05, 0) is 261 Å². The van der Waals surface area contributed by atoms with Crippen LogP contribution in [-0.4, -0.2) is 128 Å². The number of pyridine rings is 4. The zero-order valence-corrected chi connectivity index (χ0v) is 64.5. The maximum absolute atomic E-state index is 12.8. The number of nitrogens with two attached hydrogens (primary N) is 3. The first kappa shape index (κ1) is 73.1. The van der Waals surface area contributed by atoms with Crippen LogP contribution in [0.15, 0.2) is 55.3 Å². The number of aliphatic hydroxyl groups is 3. The molecule has 8 atom stereocenters. The summed E-state index contributed by atoms with van der Waals surface area (Å²) in [5, 5.41) is 48.0. The summed E-state index contributed by atoms with van der Waals surface area (Å²) in [5.74, 6) is 5.53. The van der Waals surface area contributed by atoms with Gasteiger partial charge in [-0.25, -0.2) is 4.98 Å². The molecule has 19 aliphatic rings. The smallest absolute Gasteiger partial charge is 0.255 e. The molecule has 5 aromatic rings. The first-order valence-corrected chi connectivity index (χ1v) is 41.2. The van der Waals surface area contributed by atoms with Crippen LogP contribution < -0.4 is 43.4 Å². The second kappa shape index (κ2) is 27.6. The van der Waals surface area contributed by atoms with E-state index >= 15 is 0 Å². The van der Waals surface area contributed by atoms with Crippen molar-refractivity contribution in [3.05, 3.63) is 111 Å². The van der Waals surface area contributed by atoms with E-state index in [4.69, 9.17) is 21.9 Å². The minimum absolute atomic E-state index is 0.0643. The number of aromatic nitrogens is 5. The molecule has 0 spiro atoms. The quantitative estimate of drug-likeness (QED) is 0.0414. The van der Waals surface area contributed by atoms with E-state index < -0.39 is 34.5 Å². The Balaban J connectivity index is 0.000000105. The number of hydrogen-bond acceptors (Lipinski definition) is 16. The summed E-state index contributed by atoms with van der Waals surface area (Å²) in [7, 11) is 0. The predicted octanol–water partition coefficient (Wildman–Crippen LogP) is 12.6. The SMILES string of the molecule is CC(C)N(c1c(C(N)=O)cnc2c1C=CC2)C1C2CC3CC1CC(O)(C3)C2.CC(C)NC(=O)c1cnc2c(c1NC1C3CC4CC1CC(O)(C4)C3)C=CC2.CC(C)OC12CC3CC(C1)C(Nc1c(C(N)=O)cnc4c1C=CC4)C(C3)C2.CC(C)n1ccc2c(NC3C4CC5CC3CC(O)(C5)C4)c(C(N)=O)cnc21. The van der Waals surface area contributed by atoms with Gasteiger partial charge in [-0.1, -0.05) is 36.5 Å². The van der Waals surface area contributed by atoms with Crippen LogP contribution in [0, 0.1) is 71.0 Å². The number of carbonyl (C=O) groups excluding carboxylic acids is 4. The topological polar surface area (TPSA) is 324 Å². The number of rotatable bonds is 17. The molecule has 0 saturated heterocycles. The summed E-state index contributed by atoms with van der Waals surface area (Å²) in [4.78, 5) is 69.7. The molecule has 5 aromatic heterocycles. The molecular formula is C87H115N13O8. The Morgan fingerprint density at radius 1 is 0.491 bits per heavy atom. The van der Waals surface area contributed by atoms with E-state index in [1.807, 2.05) is 26.1 Å². The standard InChI is InChI=1S/3C22H29N3O2.C21H28N4O2/c1-12(2)27-22-8-13-6-14(9-22)19(15(7-13)10-22)25-20-16-4-3-5-18(16)24-11-17(20)21(23)26;1-12(2)25(19-14-6-13-7-15(19)10-22(27,8-13)9-14)20-16-4-3-5-18(16)24-11-17(20)21(23)26;1-12(2)24-21(26)17-11-23-18-5-3-4-16(18)20(17)25-19-14-6-13-7-15(19)10-22(27,8-13)9-14;1-11(2)25-4-3-15-18(16(19(22)26)10-23-20(15)25)24-17-13-5-12-6-14(17)9-21(27,7-12)8-13/h3-4,11-15,19H,5-10H2,1-2H3,(H2,23,26)(H,24,25);3-4,11-15,19,27H,5-10H2,1-2H3,(H2,23,26);3-4,11-15,19,27H,5-10H2,1-2H3,(H,23,25)(H,24,26);3-4,10-14,17,27H,5-9H2,1-2H3,(H2,22,26)(H,23,24). The number of allylic oxidation sites excluding steroid dienone is 3. The van der Waals surface area contributed by atoms with Crippen molar-refractivity contribution in [1.29, 1.82) is 0 Å². The average molecular weight is 1470 g/mol. The third-order valence-corrected chi connectivity index (χ3v) is 28.6. The van der Waals surface area contributed by atoms with E-state index in [0.717, 1.165) is 163 Å². The second-order valence-electron chi connectivity index (χ2n) is 37.7. The Hall–Kier alpha value is -7.72. The summed E-state index contributed by atoms with van der Waals surface area (Å²) in [6.45, 7) is 16.9. The number of amides is 4. The minimum atomic E-state index is -0.463. The number of nitrogens with one attached hydrogen (secondary N) is 4. The highest BCUT2D eigenvalue weighted by atomic mass is 16.5. The first-order chi connectivity index (χ1) is 51.6. The van der Waals surface area contributed by atoms with Gasteiger partial charge < -0.3 is 68.0 Å². The zero-order valence-electron chi connectivity index (χ0n) is 64.5. The molecular weight excluding hydrogens is 1360 g/mol. The third-order valence-electron chi connectivity index (χ3n) is 28.6. The van der Waals surface area contributed by atoms with Crippen LogP contribution in [0.5, 0.6) is 0 Å². The van der Waals surface area contributed by atoms with E-state index in [-0.39, 0.29) is 41.8 Å². The number of ether oxygens (including phenoxy) is 1. The van der Waals surface area contributed by atoms with Gasteiger partial charge in [0.15, 0.2) is 0 Å². The van der Waals surface area contributed by atoms with Crippen LogP contribution in [0.3, 0.4) is 0 Å². The summed E-state index contributed by atoms with van der Waals surface area (Å²) >= 11 is 0. The van der Waals surface area contributed by atoms with Gasteiger partial charge >= 0.3 is 0 Å². The van der Waals surface area contributed by atoms with Gasteiger partial charge in [0, 0.05) is 115 Å². The van der Waals surface area contributed by atoms with Crippen LogP contribution in [0.1, 0.15) is 265 Å². The van der Waals surface area contributed by atoms with Gasteiger partial charge in [-0.2, -0.15) is 0 Å². The van der Waals surface area contributed by atoms with Crippen molar-refractivity contribution in [3.63, 3.8) is 0 Å². The fourth-order valence-corrected chi connectivity index (χ4v) is 25.8. The van der Waals surface area contributed by atoms with Crippen molar-refractivity contribution in [3.8, 4) is 0 Å². The fourth-order valence-electron chi connectivity index (χ4n) is 25.8. The van der Waals surface area contributed by atoms with E-state index in [9.17, 15) is 34.5 Å². The van der Waals surface area contributed by atoms with Crippen LogP contribution in [0.4, 0.5) is 22.7 Å². The lowest BCUT2D eigenvalue weighted by atomic mass is 9.52. The molecule has 0 aliphatic heterocycles.